The van der Waals surface area contributed by atoms with Gasteiger partial charge in [-0.3, -0.25) is 0 Å². The normalized spacial score (nSPS) is 10.1. The average Bonchev–Trinajstić information content (AvgIpc) is 2.28. The van der Waals surface area contributed by atoms with Crippen molar-refractivity contribution in [2.24, 2.45) is 0 Å². The van der Waals surface area contributed by atoms with E-state index in [-0.39, 0.29) is 13.2 Å². The summed E-state index contributed by atoms with van der Waals surface area (Å²) < 4.78 is 33.2. The van der Waals surface area contributed by atoms with Crippen LogP contribution in [0.2, 0.25) is 0 Å². The third-order valence-electron chi connectivity index (χ3n) is 1.70. The van der Waals surface area contributed by atoms with Crippen LogP contribution in [0.15, 0.2) is 24.3 Å². The summed E-state index contributed by atoms with van der Waals surface area (Å²) in [5, 5.41) is 8.62. The van der Waals surface area contributed by atoms with Crippen LogP contribution in [0.25, 0.3) is 0 Å². The van der Waals surface area contributed by atoms with E-state index in [0.717, 1.165) is 0 Å². The second kappa shape index (κ2) is 6.75. The molecular weight excluding hydrogens is 216 g/mol. The van der Waals surface area contributed by atoms with E-state index in [2.05, 4.69) is 4.74 Å². The Morgan fingerprint density at radius 2 is 2.12 bits per heavy atom. The van der Waals surface area contributed by atoms with Crippen LogP contribution in [0.1, 0.15) is 5.56 Å². The molecule has 0 spiro atoms. The van der Waals surface area contributed by atoms with E-state index in [1.54, 1.807) is 24.3 Å². The van der Waals surface area contributed by atoms with E-state index in [9.17, 15) is 8.78 Å². The zero-order valence-electron chi connectivity index (χ0n) is 8.53. The number of nitriles is 1. The molecule has 0 saturated carbocycles. The van der Waals surface area contributed by atoms with E-state index < -0.39 is 13.0 Å². The number of hydrogen-bond donors (Lipinski definition) is 0. The monoisotopic (exact) mass is 227 g/mol. The topological polar surface area (TPSA) is 42.2 Å². The summed E-state index contributed by atoms with van der Waals surface area (Å²) in [5.74, 6) is 0.527. The van der Waals surface area contributed by atoms with Crippen molar-refractivity contribution in [1.29, 1.82) is 5.26 Å². The zero-order valence-corrected chi connectivity index (χ0v) is 8.53. The number of hydrogen-bond acceptors (Lipinski definition) is 3. The van der Waals surface area contributed by atoms with E-state index >= 15 is 0 Å². The molecule has 0 amide bonds. The largest absolute Gasteiger partial charge is 0.491 e. The van der Waals surface area contributed by atoms with Gasteiger partial charge in [0.25, 0.3) is 6.43 Å². The van der Waals surface area contributed by atoms with Gasteiger partial charge in [0.15, 0.2) is 0 Å². The van der Waals surface area contributed by atoms with Crippen LogP contribution < -0.4 is 4.74 Å². The maximum absolute atomic E-state index is 11.7. The fourth-order valence-corrected chi connectivity index (χ4v) is 1.05. The summed E-state index contributed by atoms with van der Waals surface area (Å²) in [6.45, 7) is -0.301. The van der Waals surface area contributed by atoms with Crippen LogP contribution in [0.4, 0.5) is 8.78 Å². The standard InChI is InChI=1S/C11H11F2NO2/c12-11(13)8-15-4-5-16-10-3-1-2-9(6-10)7-14/h1-3,6,11H,4-5,8H2. The second-order valence-corrected chi connectivity index (χ2v) is 2.95. The summed E-state index contributed by atoms with van der Waals surface area (Å²) in [5.41, 5.74) is 0.492. The van der Waals surface area contributed by atoms with Crippen LogP contribution >= 0.6 is 0 Å². The van der Waals surface area contributed by atoms with Crippen LogP contribution in [0, 0.1) is 11.3 Å². The molecule has 5 heteroatoms. The summed E-state index contributed by atoms with van der Waals surface area (Å²) in [4.78, 5) is 0. The van der Waals surface area contributed by atoms with Crippen molar-refractivity contribution < 1.29 is 18.3 Å². The van der Waals surface area contributed by atoms with Crippen molar-refractivity contribution in [1.82, 2.24) is 0 Å². The minimum Gasteiger partial charge on any atom is -0.491 e. The molecule has 0 aliphatic carbocycles. The molecule has 0 unspecified atom stereocenters. The van der Waals surface area contributed by atoms with Gasteiger partial charge in [-0.15, -0.1) is 0 Å². The molecule has 0 bridgehead atoms. The Bertz CT molecular complexity index is 363. The molecule has 0 heterocycles. The van der Waals surface area contributed by atoms with Gasteiger partial charge in [0, 0.05) is 0 Å². The highest BCUT2D eigenvalue weighted by Gasteiger charge is 2.01. The lowest BCUT2D eigenvalue weighted by Gasteiger charge is -2.06. The van der Waals surface area contributed by atoms with Crippen molar-refractivity contribution in [3.63, 3.8) is 0 Å². The Morgan fingerprint density at radius 1 is 1.31 bits per heavy atom. The lowest BCUT2D eigenvalue weighted by molar-refractivity contribution is 0.00763. The summed E-state index contributed by atoms with van der Waals surface area (Å²) >= 11 is 0. The van der Waals surface area contributed by atoms with Crippen LogP contribution in [0.5, 0.6) is 5.75 Å². The predicted molar refractivity (Wildman–Crippen MR) is 53.5 cm³/mol. The van der Waals surface area contributed by atoms with Crippen LogP contribution in [-0.2, 0) is 4.74 Å². The predicted octanol–water partition coefficient (Wildman–Crippen LogP) is 2.22. The highest BCUT2D eigenvalue weighted by Crippen LogP contribution is 2.12. The third-order valence-corrected chi connectivity index (χ3v) is 1.70. The molecule has 1 rings (SSSR count). The summed E-state index contributed by atoms with van der Waals surface area (Å²) in [6.07, 6.45) is -2.46. The molecule has 0 fully saturated rings. The van der Waals surface area contributed by atoms with Gasteiger partial charge in [-0.05, 0) is 18.2 Å². The van der Waals surface area contributed by atoms with Crippen molar-refractivity contribution in [3.8, 4) is 11.8 Å². The van der Waals surface area contributed by atoms with E-state index in [1.807, 2.05) is 6.07 Å². The number of alkyl halides is 2. The Labute approximate surface area is 92.2 Å². The van der Waals surface area contributed by atoms with Gasteiger partial charge in [-0.1, -0.05) is 6.07 Å². The zero-order chi connectivity index (χ0) is 11.8. The first-order valence-electron chi connectivity index (χ1n) is 4.71. The highest BCUT2D eigenvalue weighted by molar-refractivity contribution is 5.36. The molecule has 3 nitrogen and oxygen atoms in total. The van der Waals surface area contributed by atoms with Gasteiger partial charge in [0.05, 0.1) is 18.2 Å². The Balaban J connectivity index is 2.24. The minimum absolute atomic E-state index is 0.0983. The average molecular weight is 227 g/mol. The SMILES string of the molecule is N#Cc1cccc(OCCOCC(F)F)c1. The number of nitrogens with zero attached hydrogens (tertiary/aromatic N) is 1. The lowest BCUT2D eigenvalue weighted by atomic mass is 10.2. The maximum atomic E-state index is 11.7. The Morgan fingerprint density at radius 3 is 2.81 bits per heavy atom. The molecule has 0 saturated heterocycles. The third kappa shape index (κ3) is 4.71. The first kappa shape index (κ1) is 12.4. The van der Waals surface area contributed by atoms with Crippen LogP contribution in [0.3, 0.4) is 0 Å². The van der Waals surface area contributed by atoms with Gasteiger partial charge < -0.3 is 9.47 Å². The molecule has 0 atom stereocenters. The summed E-state index contributed by atoms with van der Waals surface area (Å²) in [6, 6.07) is 8.58. The fourth-order valence-electron chi connectivity index (χ4n) is 1.05. The van der Waals surface area contributed by atoms with E-state index in [0.29, 0.717) is 11.3 Å². The second-order valence-electron chi connectivity index (χ2n) is 2.95. The minimum atomic E-state index is -2.46. The first-order chi connectivity index (χ1) is 7.72. The van der Waals surface area contributed by atoms with Gasteiger partial charge in [0.2, 0.25) is 0 Å². The maximum Gasteiger partial charge on any atom is 0.261 e. The molecule has 0 N–H and O–H groups in total. The molecule has 0 radical (unpaired) electrons. The molecule has 1 aromatic rings. The van der Waals surface area contributed by atoms with E-state index in [1.165, 1.54) is 0 Å². The first-order valence-corrected chi connectivity index (χ1v) is 4.71. The van der Waals surface area contributed by atoms with Gasteiger partial charge in [-0.2, -0.15) is 5.26 Å². The molecule has 86 valence electrons. The summed E-state index contributed by atoms with van der Waals surface area (Å²) in [7, 11) is 0. The number of ether oxygens (including phenoxy) is 2. The number of benzene rings is 1. The molecule has 1 aromatic carbocycles. The highest BCUT2D eigenvalue weighted by atomic mass is 19.3. The van der Waals surface area contributed by atoms with Crippen molar-refractivity contribution >= 4 is 0 Å². The van der Waals surface area contributed by atoms with Gasteiger partial charge in [-0.25, -0.2) is 8.78 Å². The van der Waals surface area contributed by atoms with Crippen LogP contribution in [-0.4, -0.2) is 26.2 Å². The Kier molecular flexibility index (Phi) is 5.23. The molecule has 0 aliphatic rings. The molecule has 16 heavy (non-hydrogen) atoms. The van der Waals surface area contributed by atoms with E-state index in [4.69, 9.17) is 10.00 Å². The van der Waals surface area contributed by atoms with Crippen molar-refractivity contribution in [2.45, 2.75) is 6.43 Å². The van der Waals surface area contributed by atoms with Crippen molar-refractivity contribution in [3.05, 3.63) is 29.8 Å². The van der Waals surface area contributed by atoms with Gasteiger partial charge in [0.1, 0.15) is 19.0 Å². The quantitative estimate of drug-likeness (QED) is 0.700. The van der Waals surface area contributed by atoms with Crippen molar-refractivity contribution in [2.75, 3.05) is 19.8 Å². The fraction of sp³-hybridized carbons (Fsp3) is 0.364. The smallest absolute Gasteiger partial charge is 0.261 e. The number of halogens is 2. The Hall–Kier alpha value is -1.67. The molecule has 0 aliphatic heterocycles. The number of rotatable bonds is 6. The van der Waals surface area contributed by atoms with Gasteiger partial charge >= 0.3 is 0 Å². The lowest BCUT2D eigenvalue weighted by Crippen LogP contribution is -2.11. The molecular formula is C11H11F2NO2. The molecule has 0 aromatic heterocycles.